The maximum Gasteiger partial charge on any atom is 0.410 e. The summed E-state index contributed by atoms with van der Waals surface area (Å²) in [5, 5.41) is 10.7. The highest BCUT2D eigenvalue weighted by Crippen LogP contribution is 2.30. The van der Waals surface area contributed by atoms with Gasteiger partial charge in [0.2, 0.25) is 0 Å². The molecule has 8 heteroatoms. The van der Waals surface area contributed by atoms with E-state index in [1.165, 1.54) is 0 Å². The summed E-state index contributed by atoms with van der Waals surface area (Å²) in [4.78, 5) is 18.5. The predicted molar refractivity (Wildman–Crippen MR) is 131 cm³/mol. The molecule has 8 nitrogen and oxygen atoms in total. The summed E-state index contributed by atoms with van der Waals surface area (Å²) in [7, 11) is 1.96. The number of carbonyl (C=O) groups is 1. The van der Waals surface area contributed by atoms with E-state index in [1.54, 1.807) is 17.3 Å². The summed E-state index contributed by atoms with van der Waals surface area (Å²) in [6.07, 6.45) is 7.25. The lowest BCUT2D eigenvalue weighted by Crippen LogP contribution is -2.42. The summed E-state index contributed by atoms with van der Waals surface area (Å²) in [5.41, 5.74) is 4.49. The van der Waals surface area contributed by atoms with Gasteiger partial charge in [-0.3, -0.25) is 9.67 Å². The van der Waals surface area contributed by atoms with E-state index in [0.717, 1.165) is 52.9 Å². The van der Waals surface area contributed by atoms with Crippen LogP contribution in [0.4, 0.5) is 4.79 Å². The molecule has 1 unspecified atom stereocenters. The Morgan fingerprint density at radius 3 is 2.65 bits per heavy atom. The lowest BCUT2D eigenvalue weighted by atomic mass is 9.95. The minimum absolute atomic E-state index is 0.192. The second kappa shape index (κ2) is 8.59. The van der Waals surface area contributed by atoms with Crippen LogP contribution in [0.1, 0.15) is 45.2 Å². The predicted octanol–water partition coefficient (Wildman–Crippen LogP) is 4.94. The zero-order chi connectivity index (χ0) is 23.9. The number of aromatic nitrogens is 5. The summed E-state index contributed by atoms with van der Waals surface area (Å²) < 4.78 is 9.38. The number of ether oxygens (including phenoxy) is 1. The minimum Gasteiger partial charge on any atom is -0.444 e. The molecule has 0 N–H and O–H groups in total. The van der Waals surface area contributed by atoms with Gasteiger partial charge in [0.05, 0.1) is 16.9 Å². The van der Waals surface area contributed by atoms with E-state index in [9.17, 15) is 4.79 Å². The average molecular weight is 459 g/mol. The average Bonchev–Trinajstić information content (AvgIpc) is 3.44. The van der Waals surface area contributed by atoms with Gasteiger partial charge in [-0.25, -0.2) is 9.48 Å². The summed E-state index contributed by atoms with van der Waals surface area (Å²) in [6.45, 7) is 7.04. The molecule has 0 radical (unpaired) electrons. The Bertz CT molecular complexity index is 1320. The molecule has 1 aromatic carbocycles. The van der Waals surface area contributed by atoms with Gasteiger partial charge in [-0.15, -0.1) is 0 Å². The number of hydrogen-bond donors (Lipinski definition) is 0. The minimum atomic E-state index is -0.494. The van der Waals surface area contributed by atoms with Crippen LogP contribution in [0.5, 0.6) is 0 Å². The Labute approximate surface area is 199 Å². The van der Waals surface area contributed by atoms with Gasteiger partial charge in [0.15, 0.2) is 0 Å². The van der Waals surface area contributed by atoms with Gasteiger partial charge in [0.1, 0.15) is 11.3 Å². The first kappa shape index (κ1) is 22.1. The zero-order valence-electron chi connectivity index (χ0n) is 20.1. The molecule has 1 aliphatic heterocycles. The fraction of sp³-hybridized carbons (Fsp3) is 0.385. The van der Waals surface area contributed by atoms with Crippen molar-refractivity contribution in [2.75, 3.05) is 13.1 Å². The van der Waals surface area contributed by atoms with Crippen LogP contribution in [0.2, 0.25) is 0 Å². The first-order valence-corrected chi connectivity index (χ1v) is 11.7. The van der Waals surface area contributed by atoms with Crippen LogP contribution in [0.15, 0.2) is 55.0 Å². The number of fused-ring (bicyclic) bond motifs is 1. The van der Waals surface area contributed by atoms with Crippen molar-refractivity contribution < 1.29 is 9.53 Å². The number of benzene rings is 1. The highest BCUT2D eigenvalue weighted by atomic mass is 16.6. The molecule has 5 rings (SSSR count). The quantitative estimate of drug-likeness (QED) is 0.435. The Hall–Kier alpha value is -3.68. The Balaban J connectivity index is 1.40. The molecule has 1 saturated heterocycles. The number of aryl methyl sites for hydroxylation is 1. The smallest absolute Gasteiger partial charge is 0.410 e. The number of rotatable bonds is 3. The molecule has 34 heavy (non-hydrogen) atoms. The maximum absolute atomic E-state index is 12.6. The van der Waals surface area contributed by atoms with E-state index >= 15 is 0 Å². The zero-order valence-corrected chi connectivity index (χ0v) is 20.1. The number of hydrogen-bond acceptors (Lipinski definition) is 5. The van der Waals surface area contributed by atoms with Gasteiger partial charge in [0.25, 0.3) is 0 Å². The number of piperidine rings is 1. The second-order valence-electron chi connectivity index (χ2n) is 9.86. The van der Waals surface area contributed by atoms with Crippen LogP contribution in [0.3, 0.4) is 0 Å². The van der Waals surface area contributed by atoms with Crippen LogP contribution in [-0.4, -0.2) is 54.2 Å². The lowest BCUT2D eigenvalue weighted by Gasteiger charge is -2.33. The van der Waals surface area contributed by atoms with E-state index in [4.69, 9.17) is 14.9 Å². The third-order valence-electron chi connectivity index (χ3n) is 6.15. The van der Waals surface area contributed by atoms with Gasteiger partial charge >= 0.3 is 6.09 Å². The van der Waals surface area contributed by atoms with E-state index < -0.39 is 5.60 Å². The van der Waals surface area contributed by atoms with E-state index in [1.807, 2.05) is 55.5 Å². The molecule has 1 fully saturated rings. The molecule has 176 valence electrons. The molecular weight excluding hydrogens is 428 g/mol. The number of carbonyl (C=O) groups excluding carboxylic acids is 1. The van der Waals surface area contributed by atoms with Crippen molar-refractivity contribution in [1.29, 1.82) is 0 Å². The van der Waals surface area contributed by atoms with Crippen LogP contribution in [0, 0.1) is 0 Å². The monoisotopic (exact) mass is 458 g/mol. The number of likely N-dealkylation sites (tertiary alicyclic amines) is 1. The molecule has 4 heterocycles. The first-order valence-electron chi connectivity index (χ1n) is 11.7. The van der Waals surface area contributed by atoms with Gasteiger partial charge in [-0.05, 0) is 70.0 Å². The fourth-order valence-electron chi connectivity index (χ4n) is 4.53. The Morgan fingerprint density at radius 2 is 1.88 bits per heavy atom. The van der Waals surface area contributed by atoms with Crippen LogP contribution in [0.25, 0.3) is 27.8 Å². The second-order valence-corrected chi connectivity index (χ2v) is 9.86. The molecule has 1 atom stereocenters. The van der Waals surface area contributed by atoms with E-state index in [0.29, 0.717) is 6.54 Å². The maximum atomic E-state index is 12.6. The van der Waals surface area contributed by atoms with Crippen molar-refractivity contribution in [1.82, 2.24) is 29.4 Å². The van der Waals surface area contributed by atoms with Crippen molar-refractivity contribution in [3.8, 4) is 16.9 Å². The number of nitrogens with zero attached hydrogens (tertiary/aromatic N) is 6. The van der Waals surface area contributed by atoms with Crippen molar-refractivity contribution in [2.45, 2.75) is 45.1 Å². The molecule has 3 aromatic heterocycles. The standard InChI is InChI=1S/C26H30N6O2/c1-26(2,3)34-25(33)31-14-5-6-19(17-31)22-11-15-32(28-22)20-7-8-23-21(16-20)24(29-30(23)4)18-9-12-27-13-10-18/h7-13,15-16,19H,5-6,14,17H2,1-4H3. The van der Waals surface area contributed by atoms with E-state index in [-0.39, 0.29) is 12.0 Å². The van der Waals surface area contributed by atoms with Gasteiger partial charge in [0, 0.05) is 55.6 Å². The normalized spacial score (nSPS) is 16.7. The molecule has 1 aliphatic rings. The SMILES string of the molecule is Cn1nc(-c2ccncc2)c2cc(-n3ccc(C4CCCN(C(=O)OC(C)(C)C)C4)n3)ccc21. The summed E-state index contributed by atoms with van der Waals surface area (Å²) >= 11 is 0. The molecule has 4 aromatic rings. The largest absolute Gasteiger partial charge is 0.444 e. The number of pyridine rings is 1. The van der Waals surface area contributed by atoms with Crippen molar-refractivity contribution in [3.63, 3.8) is 0 Å². The molecule has 1 amide bonds. The summed E-state index contributed by atoms with van der Waals surface area (Å²) in [5.74, 6) is 0.192. The van der Waals surface area contributed by atoms with Gasteiger partial charge in [-0.2, -0.15) is 10.2 Å². The third-order valence-corrected chi connectivity index (χ3v) is 6.15. The molecule has 0 aliphatic carbocycles. The first-order chi connectivity index (χ1) is 16.3. The van der Waals surface area contributed by atoms with E-state index in [2.05, 4.69) is 29.2 Å². The van der Waals surface area contributed by atoms with Crippen LogP contribution >= 0.6 is 0 Å². The Kier molecular flexibility index (Phi) is 5.59. The fourth-order valence-corrected chi connectivity index (χ4v) is 4.53. The highest BCUT2D eigenvalue weighted by Gasteiger charge is 2.29. The molecule has 0 saturated carbocycles. The van der Waals surface area contributed by atoms with Crippen LogP contribution in [-0.2, 0) is 11.8 Å². The topological polar surface area (TPSA) is 78.1 Å². The van der Waals surface area contributed by atoms with Crippen molar-refractivity contribution in [3.05, 3.63) is 60.7 Å². The third kappa shape index (κ3) is 4.40. The van der Waals surface area contributed by atoms with Crippen molar-refractivity contribution in [2.24, 2.45) is 7.05 Å². The summed E-state index contributed by atoms with van der Waals surface area (Å²) in [6, 6.07) is 12.3. The van der Waals surface area contributed by atoms with Crippen LogP contribution < -0.4 is 0 Å². The molecule has 0 bridgehead atoms. The highest BCUT2D eigenvalue weighted by molar-refractivity contribution is 5.94. The van der Waals surface area contributed by atoms with Gasteiger partial charge in [-0.1, -0.05) is 0 Å². The number of amides is 1. The molecular formula is C26H30N6O2. The Morgan fingerprint density at radius 1 is 1.09 bits per heavy atom. The van der Waals surface area contributed by atoms with Gasteiger partial charge < -0.3 is 9.64 Å². The molecule has 0 spiro atoms. The van der Waals surface area contributed by atoms with Crippen molar-refractivity contribution >= 4 is 17.0 Å². The lowest BCUT2D eigenvalue weighted by molar-refractivity contribution is 0.0197.